The second-order valence-electron chi connectivity index (χ2n) is 21.3. The molecule has 6 nitrogen and oxygen atoms in total. The Morgan fingerprint density at radius 3 is 0.827 bits per heavy atom. The Bertz CT molecular complexity index is 1430. The van der Waals surface area contributed by atoms with Crippen molar-refractivity contribution in [1.29, 1.82) is 0 Å². The van der Waals surface area contributed by atoms with E-state index in [0.29, 0.717) is 19.3 Å². The molecular weight excluding hydrogens is 925 g/mol. The number of esters is 3. The predicted octanol–water partition coefficient (Wildman–Crippen LogP) is 21.9. The molecular formula is C69H120O6. The molecule has 0 aliphatic carbocycles. The van der Waals surface area contributed by atoms with Gasteiger partial charge in [0.15, 0.2) is 6.10 Å². The molecule has 0 aromatic rings. The summed E-state index contributed by atoms with van der Waals surface area (Å²) in [5.74, 6) is -0.899. The van der Waals surface area contributed by atoms with Gasteiger partial charge in [-0.25, -0.2) is 0 Å². The van der Waals surface area contributed by atoms with E-state index in [9.17, 15) is 14.4 Å². The highest BCUT2D eigenvalue weighted by Crippen LogP contribution is 2.17. The molecule has 0 aromatic heterocycles. The van der Waals surface area contributed by atoms with E-state index in [4.69, 9.17) is 14.2 Å². The highest BCUT2D eigenvalue weighted by molar-refractivity contribution is 5.71. The molecule has 0 aliphatic rings. The van der Waals surface area contributed by atoms with Gasteiger partial charge in [0.1, 0.15) is 13.2 Å². The smallest absolute Gasteiger partial charge is 0.306 e. The Morgan fingerprint density at radius 1 is 0.280 bits per heavy atom. The fraction of sp³-hybridized carbons (Fsp3) is 0.754. The van der Waals surface area contributed by atoms with E-state index >= 15 is 0 Å². The Morgan fingerprint density at radius 2 is 0.520 bits per heavy atom. The molecule has 0 saturated carbocycles. The lowest BCUT2D eigenvalue weighted by molar-refractivity contribution is -0.167. The van der Waals surface area contributed by atoms with Crippen LogP contribution in [0.15, 0.2) is 85.1 Å². The van der Waals surface area contributed by atoms with Crippen LogP contribution in [0.2, 0.25) is 0 Å². The number of unbranched alkanes of at least 4 members (excludes halogenated alkanes) is 33. The van der Waals surface area contributed by atoms with Crippen LogP contribution in [0.4, 0.5) is 0 Å². The number of allylic oxidation sites excluding steroid dienone is 14. The standard InChI is InChI=1S/C69H120O6/c1-4-7-10-13-16-19-22-25-27-29-30-31-32-33-34-35-36-37-38-40-41-44-47-50-53-56-59-62-68(71)74-65-66(64-73-67(70)61-58-55-52-49-46-43-24-21-18-15-12-9-6-3)75-69(72)63-60-57-54-51-48-45-42-39-28-26-23-20-17-14-11-8-5-2/h7,9-10,12,16,18-19,21,25,27,30-31,43,46,66H,4-6,8,11,13-15,17,20,22-24,26,28-29,32-42,44-45,47-65H2,1-3H3/b10-7-,12-9-,19-16-,21-18-,27-25-,31-30-,46-43-. The number of ether oxygens (including phenoxy) is 3. The largest absolute Gasteiger partial charge is 0.462 e. The Hall–Kier alpha value is -3.41. The second-order valence-corrected chi connectivity index (χ2v) is 21.3. The van der Waals surface area contributed by atoms with E-state index in [0.717, 1.165) is 109 Å². The van der Waals surface area contributed by atoms with Crippen molar-refractivity contribution in [3.63, 3.8) is 0 Å². The summed E-state index contributed by atoms with van der Waals surface area (Å²) < 4.78 is 16.9. The molecule has 0 N–H and O–H groups in total. The third kappa shape index (κ3) is 61.3. The third-order valence-electron chi connectivity index (χ3n) is 13.9. The van der Waals surface area contributed by atoms with Crippen LogP contribution in [0.5, 0.6) is 0 Å². The van der Waals surface area contributed by atoms with Crippen LogP contribution < -0.4 is 0 Å². The molecule has 75 heavy (non-hydrogen) atoms. The minimum atomic E-state index is -0.787. The highest BCUT2D eigenvalue weighted by atomic mass is 16.6. The zero-order valence-electron chi connectivity index (χ0n) is 49.6. The molecule has 0 fully saturated rings. The molecule has 0 bridgehead atoms. The van der Waals surface area contributed by atoms with Gasteiger partial charge in [0.2, 0.25) is 0 Å². The van der Waals surface area contributed by atoms with Crippen LogP contribution >= 0.6 is 0 Å². The first-order chi connectivity index (χ1) is 37.0. The lowest BCUT2D eigenvalue weighted by atomic mass is 10.0. The van der Waals surface area contributed by atoms with Crippen LogP contribution in [0.1, 0.15) is 316 Å². The summed E-state index contributed by atoms with van der Waals surface area (Å²) in [7, 11) is 0. The van der Waals surface area contributed by atoms with Crippen LogP contribution in [0.25, 0.3) is 0 Å². The number of carbonyl (C=O) groups excluding carboxylic acids is 3. The number of hydrogen-bond donors (Lipinski definition) is 0. The second kappa shape index (κ2) is 63.1. The minimum Gasteiger partial charge on any atom is -0.462 e. The van der Waals surface area contributed by atoms with Gasteiger partial charge in [-0.05, 0) is 89.9 Å². The lowest BCUT2D eigenvalue weighted by Crippen LogP contribution is -2.30. The summed E-state index contributed by atoms with van der Waals surface area (Å²) in [5, 5.41) is 0. The maximum atomic E-state index is 12.9. The first-order valence-corrected chi connectivity index (χ1v) is 32.1. The topological polar surface area (TPSA) is 78.9 Å². The van der Waals surface area contributed by atoms with Crippen molar-refractivity contribution in [3.05, 3.63) is 85.1 Å². The maximum absolute atomic E-state index is 12.9. The molecule has 0 radical (unpaired) electrons. The molecule has 0 aromatic carbocycles. The minimum absolute atomic E-state index is 0.0828. The summed E-state index contributed by atoms with van der Waals surface area (Å²) in [6, 6.07) is 0. The van der Waals surface area contributed by atoms with Gasteiger partial charge in [-0.1, -0.05) is 292 Å². The highest BCUT2D eigenvalue weighted by Gasteiger charge is 2.19. The summed E-state index contributed by atoms with van der Waals surface area (Å²) >= 11 is 0. The van der Waals surface area contributed by atoms with E-state index in [1.54, 1.807) is 0 Å². The molecule has 0 rings (SSSR count). The van der Waals surface area contributed by atoms with Gasteiger partial charge in [-0.3, -0.25) is 14.4 Å². The zero-order valence-corrected chi connectivity index (χ0v) is 49.6. The van der Waals surface area contributed by atoms with E-state index in [1.165, 1.54) is 167 Å². The summed E-state index contributed by atoms with van der Waals surface area (Å²) in [6.45, 7) is 6.43. The summed E-state index contributed by atoms with van der Waals surface area (Å²) in [5.41, 5.74) is 0. The molecule has 0 saturated heterocycles. The van der Waals surface area contributed by atoms with E-state index in [-0.39, 0.29) is 31.1 Å². The first kappa shape index (κ1) is 71.6. The third-order valence-corrected chi connectivity index (χ3v) is 13.9. The number of carbonyl (C=O) groups is 3. The Balaban J connectivity index is 4.26. The molecule has 432 valence electrons. The van der Waals surface area contributed by atoms with Crippen molar-refractivity contribution in [2.24, 2.45) is 0 Å². The predicted molar refractivity (Wildman–Crippen MR) is 325 cm³/mol. The molecule has 0 spiro atoms. The van der Waals surface area contributed by atoms with Crippen LogP contribution in [0.3, 0.4) is 0 Å². The quantitative estimate of drug-likeness (QED) is 0.0261. The van der Waals surface area contributed by atoms with Gasteiger partial charge in [0.25, 0.3) is 0 Å². The fourth-order valence-corrected chi connectivity index (χ4v) is 9.16. The van der Waals surface area contributed by atoms with Gasteiger partial charge in [0, 0.05) is 19.3 Å². The zero-order chi connectivity index (χ0) is 54.3. The first-order valence-electron chi connectivity index (χ1n) is 32.1. The molecule has 1 atom stereocenters. The van der Waals surface area contributed by atoms with Gasteiger partial charge in [-0.2, -0.15) is 0 Å². The molecule has 6 heteroatoms. The molecule has 1 unspecified atom stereocenters. The number of rotatable bonds is 58. The fourth-order valence-electron chi connectivity index (χ4n) is 9.16. The van der Waals surface area contributed by atoms with Crippen molar-refractivity contribution in [1.82, 2.24) is 0 Å². The van der Waals surface area contributed by atoms with Gasteiger partial charge >= 0.3 is 17.9 Å². The van der Waals surface area contributed by atoms with E-state index < -0.39 is 6.10 Å². The SMILES string of the molecule is CC/C=C\C/C=C\C/C=C\C/C=C\CCCCCCCCCCCCCCCCC(=O)OCC(COC(=O)CCCCC/C=C\C/C=C\C/C=C\CC)OC(=O)CCCCCCCCCCCCCCCCCCC. The van der Waals surface area contributed by atoms with Crippen molar-refractivity contribution in [2.45, 2.75) is 322 Å². The van der Waals surface area contributed by atoms with Crippen molar-refractivity contribution in [3.8, 4) is 0 Å². The van der Waals surface area contributed by atoms with Gasteiger partial charge in [-0.15, -0.1) is 0 Å². The van der Waals surface area contributed by atoms with Crippen molar-refractivity contribution < 1.29 is 28.6 Å². The normalized spacial score (nSPS) is 12.6. The van der Waals surface area contributed by atoms with Gasteiger partial charge < -0.3 is 14.2 Å². The summed E-state index contributed by atoms with van der Waals surface area (Å²) in [6.07, 6.45) is 83.1. The van der Waals surface area contributed by atoms with E-state index in [2.05, 4.69) is 106 Å². The van der Waals surface area contributed by atoms with Crippen molar-refractivity contribution >= 4 is 17.9 Å². The van der Waals surface area contributed by atoms with Crippen LogP contribution in [-0.2, 0) is 28.6 Å². The monoisotopic (exact) mass is 1040 g/mol. The Labute approximate surface area is 465 Å². The lowest BCUT2D eigenvalue weighted by Gasteiger charge is -2.18. The average molecular weight is 1050 g/mol. The van der Waals surface area contributed by atoms with E-state index in [1.807, 2.05) is 0 Å². The average Bonchev–Trinajstić information content (AvgIpc) is 3.41. The number of hydrogen-bond acceptors (Lipinski definition) is 6. The van der Waals surface area contributed by atoms with Crippen LogP contribution in [-0.4, -0.2) is 37.2 Å². The van der Waals surface area contributed by atoms with Gasteiger partial charge in [0.05, 0.1) is 0 Å². The Kier molecular flexibility index (Phi) is 60.3. The summed E-state index contributed by atoms with van der Waals surface area (Å²) in [4.78, 5) is 38.3. The van der Waals surface area contributed by atoms with Crippen molar-refractivity contribution in [2.75, 3.05) is 13.2 Å². The maximum Gasteiger partial charge on any atom is 0.306 e. The molecule has 0 aliphatic heterocycles. The molecule has 0 heterocycles. The van der Waals surface area contributed by atoms with Crippen LogP contribution in [0, 0.1) is 0 Å². The molecule has 0 amide bonds.